The summed E-state index contributed by atoms with van der Waals surface area (Å²) in [7, 11) is 0. The van der Waals surface area contributed by atoms with Gasteiger partial charge in [-0.1, -0.05) is 6.08 Å². The highest BCUT2D eigenvalue weighted by Crippen LogP contribution is 2.55. The average molecular weight is 419 g/mol. The van der Waals surface area contributed by atoms with Gasteiger partial charge in [0.05, 0.1) is 12.6 Å². The van der Waals surface area contributed by atoms with E-state index >= 15 is 0 Å². The Labute approximate surface area is 160 Å². The molecule has 0 radical (unpaired) electrons. The predicted molar refractivity (Wildman–Crippen MR) is 90.7 cm³/mol. The van der Waals surface area contributed by atoms with E-state index in [9.17, 15) is 31.1 Å². The lowest BCUT2D eigenvalue weighted by Crippen LogP contribution is -2.66. The molecule has 0 aromatic rings. The fourth-order valence-corrected chi connectivity index (χ4v) is 3.30. The summed E-state index contributed by atoms with van der Waals surface area (Å²) in [6.45, 7) is 9.25. The summed E-state index contributed by atoms with van der Waals surface area (Å²) in [5.41, 5.74) is -6.94. The summed E-state index contributed by atoms with van der Waals surface area (Å²) in [6, 6.07) is -2.31. The zero-order valence-corrected chi connectivity index (χ0v) is 16.6. The van der Waals surface area contributed by atoms with Crippen LogP contribution in [0.25, 0.3) is 0 Å². The van der Waals surface area contributed by atoms with Gasteiger partial charge in [-0.2, -0.15) is 13.2 Å². The van der Waals surface area contributed by atoms with E-state index in [1.54, 1.807) is 0 Å². The Kier molecular flexibility index (Phi) is 7.13. The lowest BCUT2D eigenvalue weighted by Gasteiger charge is -2.46. The fraction of sp³-hybridized carbons (Fsp3) is 0.833. The molecule has 0 aliphatic carbocycles. The Hall–Kier alpha value is -1.45. The molecule has 10 heteroatoms. The van der Waals surface area contributed by atoms with Crippen molar-refractivity contribution in [3.05, 3.63) is 12.7 Å². The smallest absolute Gasteiger partial charge is 0.412 e. The zero-order valence-electron chi connectivity index (χ0n) is 16.6. The second-order valence-electron chi connectivity index (χ2n) is 8.19. The van der Waals surface area contributed by atoms with E-state index in [2.05, 4.69) is 6.58 Å². The van der Waals surface area contributed by atoms with Crippen LogP contribution in [0.5, 0.6) is 0 Å². The minimum atomic E-state index is -5.66. The number of carbonyl (C=O) groups excluding carboxylic acids is 1. The highest BCUT2D eigenvalue weighted by molar-refractivity contribution is 5.70. The number of ether oxygens (including phenoxy) is 2. The van der Waals surface area contributed by atoms with E-state index in [0.29, 0.717) is 4.90 Å². The van der Waals surface area contributed by atoms with E-state index in [-0.39, 0.29) is 6.42 Å². The molecule has 3 atom stereocenters. The quantitative estimate of drug-likeness (QED) is 0.423. The monoisotopic (exact) mass is 419 g/mol. The number of halogens is 6. The Balaban J connectivity index is 3.56. The van der Waals surface area contributed by atoms with Gasteiger partial charge in [0.2, 0.25) is 0 Å². The number of hydrogen-bond donors (Lipinski definition) is 0. The standard InChI is InChI=1S/C18H27F6NO3/c1-7-8-9-11(19)17(13(20)21,18(22,23)24)12-10-27-16(5,6)25(12)14(26)28-15(2,3)4/h7,11-13H,1,8-10H2,2-6H3. The average Bonchev–Trinajstić information content (AvgIpc) is 2.77. The fourth-order valence-electron chi connectivity index (χ4n) is 3.30. The second-order valence-corrected chi connectivity index (χ2v) is 8.19. The van der Waals surface area contributed by atoms with E-state index in [1.807, 2.05) is 0 Å². The van der Waals surface area contributed by atoms with Crippen LogP contribution in [0.4, 0.5) is 31.1 Å². The van der Waals surface area contributed by atoms with E-state index in [1.165, 1.54) is 34.6 Å². The van der Waals surface area contributed by atoms with Crippen molar-refractivity contribution in [2.75, 3.05) is 6.61 Å². The van der Waals surface area contributed by atoms with E-state index < -0.39 is 60.7 Å². The minimum Gasteiger partial charge on any atom is -0.444 e. The molecule has 0 N–H and O–H groups in total. The molecule has 0 saturated carbocycles. The van der Waals surface area contributed by atoms with Gasteiger partial charge in [0, 0.05) is 0 Å². The van der Waals surface area contributed by atoms with Crippen molar-refractivity contribution in [2.24, 2.45) is 5.41 Å². The Morgan fingerprint density at radius 2 is 1.82 bits per heavy atom. The number of nitrogens with zero attached hydrogens (tertiary/aromatic N) is 1. The van der Waals surface area contributed by atoms with Crippen molar-refractivity contribution in [3.63, 3.8) is 0 Å². The van der Waals surface area contributed by atoms with Crippen molar-refractivity contribution >= 4 is 6.09 Å². The molecule has 0 spiro atoms. The zero-order chi connectivity index (χ0) is 22.1. The molecule has 1 heterocycles. The van der Waals surface area contributed by atoms with Crippen LogP contribution in [0.3, 0.4) is 0 Å². The lowest BCUT2D eigenvalue weighted by molar-refractivity contribution is -0.302. The Morgan fingerprint density at radius 3 is 2.21 bits per heavy atom. The number of amides is 1. The van der Waals surface area contributed by atoms with Crippen LogP contribution >= 0.6 is 0 Å². The van der Waals surface area contributed by atoms with Gasteiger partial charge in [0.15, 0.2) is 5.41 Å². The maximum absolute atomic E-state index is 14.9. The predicted octanol–water partition coefficient (Wildman–Crippen LogP) is 5.48. The summed E-state index contributed by atoms with van der Waals surface area (Å²) in [6.07, 6.45) is -14.0. The van der Waals surface area contributed by atoms with Crippen LogP contribution in [-0.2, 0) is 9.47 Å². The van der Waals surface area contributed by atoms with Gasteiger partial charge in [-0.05, 0) is 47.5 Å². The normalized spacial score (nSPS) is 23.4. The first-order valence-corrected chi connectivity index (χ1v) is 8.78. The highest BCUT2D eigenvalue weighted by Gasteiger charge is 2.74. The van der Waals surface area contributed by atoms with Gasteiger partial charge in [-0.15, -0.1) is 6.58 Å². The summed E-state index contributed by atoms with van der Waals surface area (Å²) in [5.74, 6) is 0. The first-order valence-electron chi connectivity index (χ1n) is 8.78. The first-order chi connectivity index (χ1) is 12.5. The molecule has 1 rings (SSSR count). The minimum absolute atomic E-state index is 0.241. The maximum Gasteiger partial charge on any atom is 0.412 e. The van der Waals surface area contributed by atoms with Crippen molar-refractivity contribution in [1.29, 1.82) is 0 Å². The van der Waals surface area contributed by atoms with E-state index in [0.717, 1.165) is 6.08 Å². The lowest BCUT2D eigenvalue weighted by atomic mass is 9.73. The Morgan fingerprint density at radius 1 is 1.29 bits per heavy atom. The van der Waals surface area contributed by atoms with Gasteiger partial charge in [0.1, 0.15) is 17.5 Å². The summed E-state index contributed by atoms with van der Waals surface area (Å²) < 4.78 is 95.1. The third-order valence-corrected chi connectivity index (χ3v) is 4.62. The molecule has 1 fully saturated rings. The molecule has 1 aliphatic heterocycles. The number of rotatable bonds is 6. The molecule has 0 aromatic carbocycles. The molecule has 3 unspecified atom stereocenters. The van der Waals surface area contributed by atoms with Gasteiger partial charge in [-0.25, -0.2) is 18.0 Å². The second kappa shape index (κ2) is 8.12. The molecular formula is C18H27F6NO3. The van der Waals surface area contributed by atoms with E-state index in [4.69, 9.17) is 9.47 Å². The molecule has 28 heavy (non-hydrogen) atoms. The number of alkyl halides is 6. The molecule has 1 saturated heterocycles. The van der Waals surface area contributed by atoms with Crippen LogP contribution in [0.15, 0.2) is 12.7 Å². The van der Waals surface area contributed by atoms with Crippen molar-refractivity contribution in [2.45, 2.75) is 83.6 Å². The van der Waals surface area contributed by atoms with Crippen LogP contribution in [0.2, 0.25) is 0 Å². The SMILES string of the molecule is C=CCCC(F)C(C(F)F)(C1COC(C)(C)N1C(=O)OC(C)(C)C)C(F)(F)F. The van der Waals surface area contributed by atoms with Gasteiger partial charge in [0.25, 0.3) is 6.43 Å². The van der Waals surface area contributed by atoms with Crippen LogP contribution in [-0.4, -0.2) is 53.7 Å². The molecule has 0 aromatic heterocycles. The van der Waals surface area contributed by atoms with Crippen molar-refractivity contribution < 1.29 is 40.6 Å². The Bertz CT molecular complexity index is 573. The van der Waals surface area contributed by atoms with Crippen LogP contribution in [0.1, 0.15) is 47.5 Å². The first kappa shape index (κ1) is 24.6. The summed E-state index contributed by atoms with van der Waals surface area (Å²) in [5, 5.41) is 0. The maximum atomic E-state index is 14.9. The van der Waals surface area contributed by atoms with Crippen molar-refractivity contribution in [1.82, 2.24) is 4.90 Å². The van der Waals surface area contributed by atoms with Crippen LogP contribution < -0.4 is 0 Å². The molecule has 0 bridgehead atoms. The molecule has 1 aliphatic rings. The number of hydrogen-bond acceptors (Lipinski definition) is 3. The number of allylic oxidation sites excluding steroid dienone is 1. The molecule has 4 nitrogen and oxygen atoms in total. The van der Waals surface area contributed by atoms with Crippen molar-refractivity contribution in [3.8, 4) is 0 Å². The third-order valence-electron chi connectivity index (χ3n) is 4.62. The molecular weight excluding hydrogens is 392 g/mol. The largest absolute Gasteiger partial charge is 0.444 e. The van der Waals surface area contributed by atoms with Gasteiger partial charge >= 0.3 is 12.3 Å². The van der Waals surface area contributed by atoms with Gasteiger partial charge < -0.3 is 9.47 Å². The molecule has 1 amide bonds. The molecule has 164 valence electrons. The van der Waals surface area contributed by atoms with Gasteiger partial charge in [-0.3, -0.25) is 4.90 Å². The number of carbonyl (C=O) groups is 1. The third kappa shape index (κ3) is 4.58. The highest BCUT2D eigenvalue weighted by atomic mass is 19.4. The van der Waals surface area contributed by atoms with Crippen LogP contribution in [0, 0.1) is 5.41 Å². The topological polar surface area (TPSA) is 38.8 Å². The summed E-state index contributed by atoms with van der Waals surface area (Å²) in [4.78, 5) is 13.0. The summed E-state index contributed by atoms with van der Waals surface area (Å²) >= 11 is 0.